The molecule has 6 heteroatoms. The minimum atomic E-state index is -0.467. The summed E-state index contributed by atoms with van der Waals surface area (Å²) in [4.78, 5) is 4.51. The fourth-order valence-electron chi connectivity index (χ4n) is 1.91. The van der Waals surface area contributed by atoms with Gasteiger partial charge in [-0.3, -0.25) is 0 Å². The standard InChI is InChI=1S/C14H9Cl2FN2S/c1-7-3-2-4-11-12(7)18-14(20-11)19-13-9(15)5-8(17)6-10(13)16/h2-6H,1H3,(H,18,19). The van der Waals surface area contributed by atoms with Crippen LogP contribution in [0.2, 0.25) is 10.0 Å². The van der Waals surface area contributed by atoms with E-state index in [1.807, 2.05) is 25.1 Å². The molecule has 20 heavy (non-hydrogen) atoms. The van der Waals surface area contributed by atoms with Crippen molar-refractivity contribution in [2.75, 3.05) is 5.32 Å². The molecule has 0 fully saturated rings. The second-order valence-corrected chi connectivity index (χ2v) is 6.16. The lowest BCUT2D eigenvalue weighted by molar-refractivity contribution is 0.628. The summed E-state index contributed by atoms with van der Waals surface area (Å²) < 4.78 is 14.2. The summed E-state index contributed by atoms with van der Waals surface area (Å²) in [5.41, 5.74) is 2.50. The quantitative estimate of drug-likeness (QED) is 0.644. The second kappa shape index (κ2) is 5.20. The van der Waals surface area contributed by atoms with E-state index in [1.54, 1.807) is 0 Å². The van der Waals surface area contributed by atoms with Crippen LogP contribution >= 0.6 is 34.5 Å². The van der Waals surface area contributed by atoms with Crippen LogP contribution in [0.3, 0.4) is 0 Å². The van der Waals surface area contributed by atoms with Gasteiger partial charge in [0.2, 0.25) is 0 Å². The summed E-state index contributed by atoms with van der Waals surface area (Å²) in [6.45, 7) is 2.00. The first-order chi connectivity index (χ1) is 9.54. The molecule has 1 heterocycles. The lowest BCUT2D eigenvalue weighted by Gasteiger charge is -2.07. The van der Waals surface area contributed by atoms with Gasteiger partial charge in [-0.25, -0.2) is 9.37 Å². The van der Waals surface area contributed by atoms with Crippen LogP contribution in [-0.2, 0) is 0 Å². The molecule has 3 rings (SSSR count). The van der Waals surface area contributed by atoms with Crippen LogP contribution in [0.25, 0.3) is 10.2 Å². The smallest absolute Gasteiger partial charge is 0.188 e. The Hall–Kier alpha value is -1.36. The average molecular weight is 327 g/mol. The Kier molecular flexibility index (Phi) is 3.54. The predicted octanol–water partition coefficient (Wildman–Crippen LogP) is 5.79. The van der Waals surface area contributed by atoms with Gasteiger partial charge in [0.25, 0.3) is 0 Å². The third-order valence-electron chi connectivity index (χ3n) is 2.86. The maximum Gasteiger partial charge on any atom is 0.188 e. The Morgan fingerprint density at radius 3 is 2.55 bits per heavy atom. The minimum Gasteiger partial charge on any atom is -0.329 e. The highest BCUT2D eigenvalue weighted by atomic mass is 35.5. The molecular weight excluding hydrogens is 318 g/mol. The van der Waals surface area contributed by atoms with Crippen molar-refractivity contribution < 1.29 is 4.39 Å². The number of halogens is 3. The summed E-state index contributed by atoms with van der Waals surface area (Å²) >= 11 is 13.5. The molecule has 2 aromatic carbocycles. The molecule has 0 aliphatic heterocycles. The lowest BCUT2D eigenvalue weighted by Crippen LogP contribution is -1.92. The van der Waals surface area contributed by atoms with Crippen molar-refractivity contribution in [3.05, 3.63) is 51.8 Å². The van der Waals surface area contributed by atoms with Crippen LogP contribution in [0, 0.1) is 12.7 Å². The number of benzene rings is 2. The first-order valence-electron chi connectivity index (χ1n) is 5.82. The zero-order valence-corrected chi connectivity index (χ0v) is 12.7. The number of anilines is 2. The highest BCUT2D eigenvalue weighted by Gasteiger charge is 2.12. The summed E-state index contributed by atoms with van der Waals surface area (Å²) in [5.74, 6) is -0.467. The summed E-state index contributed by atoms with van der Waals surface area (Å²) in [5, 5.41) is 4.19. The third-order valence-corrected chi connectivity index (χ3v) is 4.39. The van der Waals surface area contributed by atoms with E-state index in [0.29, 0.717) is 10.8 Å². The van der Waals surface area contributed by atoms with Gasteiger partial charge in [-0.1, -0.05) is 46.7 Å². The van der Waals surface area contributed by atoms with Gasteiger partial charge in [-0.2, -0.15) is 0 Å². The summed E-state index contributed by atoms with van der Waals surface area (Å²) in [6, 6.07) is 8.42. The number of thiazole rings is 1. The Bertz CT molecular complexity index is 778. The van der Waals surface area contributed by atoms with Crippen molar-refractivity contribution in [2.24, 2.45) is 0 Å². The molecule has 102 valence electrons. The van der Waals surface area contributed by atoms with Gasteiger partial charge in [0, 0.05) is 0 Å². The minimum absolute atomic E-state index is 0.228. The molecule has 3 aromatic rings. The Balaban J connectivity index is 2.04. The third kappa shape index (κ3) is 2.46. The van der Waals surface area contributed by atoms with Gasteiger partial charge in [0.05, 0.1) is 25.9 Å². The van der Waals surface area contributed by atoms with Crippen molar-refractivity contribution in [3.63, 3.8) is 0 Å². The fourth-order valence-corrected chi connectivity index (χ4v) is 3.41. The Morgan fingerprint density at radius 1 is 1.20 bits per heavy atom. The van der Waals surface area contributed by atoms with Crippen molar-refractivity contribution >= 4 is 55.6 Å². The number of nitrogens with one attached hydrogen (secondary N) is 1. The van der Waals surface area contributed by atoms with E-state index in [4.69, 9.17) is 23.2 Å². The topological polar surface area (TPSA) is 24.9 Å². The maximum atomic E-state index is 13.2. The molecule has 0 amide bonds. The van der Waals surface area contributed by atoms with E-state index in [-0.39, 0.29) is 10.0 Å². The molecule has 0 saturated heterocycles. The van der Waals surface area contributed by atoms with Crippen LogP contribution in [0.4, 0.5) is 15.2 Å². The largest absolute Gasteiger partial charge is 0.329 e. The molecular formula is C14H9Cl2FN2S. The van der Waals surface area contributed by atoms with E-state index in [9.17, 15) is 4.39 Å². The van der Waals surface area contributed by atoms with Crippen LogP contribution in [-0.4, -0.2) is 4.98 Å². The Morgan fingerprint density at radius 2 is 1.90 bits per heavy atom. The molecule has 0 atom stereocenters. The highest BCUT2D eigenvalue weighted by molar-refractivity contribution is 7.22. The molecule has 0 saturated carbocycles. The highest BCUT2D eigenvalue weighted by Crippen LogP contribution is 2.36. The molecule has 0 aliphatic rings. The van der Waals surface area contributed by atoms with Crippen LogP contribution in [0.5, 0.6) is 0 Å². The van der Waals surface area contributed by atoms with Gasteiger partial charge in [0.1, 0.15) is 5.82 Å². The van der Waals surface area contributed by atoms with Crippen molar-refractivity contribution in [1.82, 2.24) is 4.98 Å². The van der Waals surface area contributed by atoms with Crippen LogP contribution < -0.4 is 5.32 Å². The first-order valence-corrected chi connectivity index (χ1v) is 7.39. The van der Waals surface area contributed by atoms with E-state index in [0.717, 1.165) is 15.8 Å². The number of aryl methyl sites for hydroxylation is 1. The molecule has 1 aromatic heterocycles. The molecule has 0 aliphatic carbocycles. The van der Waals surface area contributed by atoms with Crippen molar-refractivity contribution in [1.29, 1.82) is 0 Å². The van der Waals surface area contributed by atoms with E-state index >= 15 is 0 Å². The SMILES string of the molecule is Cc1cccc2sc(Nc3c(Cl)cc(F)cc3Cl)nc12. The normalized spacial score (nSPS) is 11.0. The van der Waals surface area contributed by atoms with E-state index in [2.05, 4.69) is 10.3 Å². The number of hydrogen-bond acceptors (Lipinski definition) is 3. The van der Waals surface area contributed by atoms with Crippen molar-refractivity contribution in [2.45, 2.75) is 6.92 Å². The lowest BCUT2D eigenvalue weighted by atomic mass is 10.2. The van der Waals surface area contributed by atoms with Crippen LogP contribution in [0.1, 0.15) is 5.56 Å². The van der Waals surface area contributed by atoms with E-state index < -0.39 is 5.82 Å². The summed E-state index contributed by atoms with van der Waals surface area (Å²) in [7, 11) is 0. The van der Waals surface area contributed by atoms with E-state index in [1.165, 1.54) is 23.5 Å². The summed E-state index contributed by atoms with van der Waals surface area (Å²) in [6.07, 6.45) is 0. The second-order valence-electron chi connectivity index (χ2n) is 4.31. The average Bonchev–Trinajstić information content (AvgIpc) is 2.78. The molecule has 0 radical (unpaired) electrons. The van der Waals surface area contributed by atoms with Crippen LogP contribution in [0.15, 0.2) is 30.3 Å². The maximum absolute atomic E-state index is 13.2. The molecule has 2 nitrogen and oxygen atoms in total. The molecule has 0 bridgehead atoms. The number of fused-ring (bicyclic) bond motifs is 1. The number of rotatable bonds is 2. The van der Waals surface area contributed by atoms with Gasteiger partial charge in [-0.05, 0) is 30.7 Å². The molecule has 0 unspecified atom stereocenters. The zero-order chi connectivity index (χ0) is 14.3. The monoisotopic (exact) mass is 326 g/mol. The molecule has 1 N–H and O–H groups in total. The van der Waals surface area contributed by atoms with Gasteiger partial charge in [0.15, 0.2) is 5.13 Å². The predicted molar refractivity (Wildman–Crippen MR) is 84.1 cm³/mol. The van der Waals surface area contributed by atoms with Gasteiger partial charge in [-0.15, -0.1) is 0 Å². The van der Waals surface area contributed by atoms with Gasteiger partial charge >= 0.3 is 0 Å². The number of nitrogens with zero attached hydrogens (tertiary/aromatic N) is 1. The molecule has 0 spiro atoms. The Labute approximate surface area is 129 Å². The first kappa shape index (κ1) is 13.6. The zero-order valence-electron chi connectivity index (χ0n) is 10.4. The number of aromatic nitrogens is 1. The number of hydrogen-bond donors (Lipinski definition) is 1. The number of para-hydroxylation sites is 1. The van der Waals surface area contributed by atoms with Crippen molar-refractivity contribution in [3.8, 4) is 0 Å². The fraction of sp³-hybridized carbons (Fsp3) is 0.0714. The van der Waals surface area contributed by atoms with Gasteiger partial charge < -0.3 is 5.32 Å².